The van der Waals surface area contributed by atoms with Gasteiger partial charge in [-0.05, 0) is 24.3 Å². The molecule has 0 saturated heterocycles. The zero-order valence-electron chi connectivity index (χ0n) is 11.3. The lowest BCUT2D eigenvalue weighted by molar-refractivity contribution is 0.105. The van der Waals surface area contributed by atoms with E-state index in [0.29, 0.717) is 12.6 Å². The highest BCUT2D eigenvalue weighted by Crippen LogP contribution is 2.18. The number of hydrogen-bond donors (Lipinski definition) is 2. The molecule has 2 N–H and O–H groups in total. The largest absolute Gasteiger partial charge is 0.491 e. The van der Waals surface area contributed by atoms with Crippen LogP contribution in [0.1, 0.15) is 13.8 Å². The third-order valence-corrected chi connectivity index (χ3v) is 2.78. The summed E-state index contributed by atoms with van der Waals surface area (Å²) in [4.78, 5) is 4.25. The van der Waals surface area contributed by atoms with Crippen LogP contribution in [0.15, 0.2) is 36.5 Å². The van der Waals surface area contributed by atoms with Crippen molar-refractivity contribution in [1.29, 1.82) is 0 Å². The van der Waals surface area contributed by atoms with Crippen molar-refractivity contribution >= 4 is 10.9 Å². The molecule has 4 nitrogen and oxygen atoms in total. The third kappa shape index (κ3) is 4.19. The van der Waals surface area contributed by atoms with E-state index in [4.69, 9.17) is 4.74 Å². The van der Waals surface area contributed by atoms with E-state index in [1.165, 1.54) is 0 Å². The van der Waals surface area contributed by atoms with Crippen molar-refractivity contribution in [2.45, 2.75) is 26.0 Å². The van der Waals surface area contributed by atoms with Crippen LogP contribution in [0.5, 0.6) is 5.75 Å². The molecule has 1 heterocycles. The lowest BCUT2D eigenvalue weighted by Gasteiger charge is -2.15. The van der Waals surface area contributed by atoms with Crippen LogP contribution in [0.4, 0.5) is 0 Å². The van der Waals surface area contributed by atoms with Gasteiger partial charge >= 0.3 is 0 Å². The van der Waals surface area contributed by atoms with Crippen molar-refractivity contribution in [2.75, 3.05) is 13.2 Å². The fourth-order valence-corrected chi connectivity index (χ4v) is 1.77. The van der Waals surface area contributed by atoms with E-state index >= 15 is 0 Å². The molecule has 1 atom stereocenters. The Balaban J connectivity index is 1.90. The summed E-state index contributed by atoms with van der Waals surface area (Å²) in [7, 11) is 0. The summed E-state index contributed by atoms with van der Waals surface area (Å²) >= 11 is 0. The van der Waals surface area contributed by atoms with Gasteiger partial charge in [0, 0.05) is 24.2 Å². The predicted molar refractivity (Wildman–Crippen MR) is 76.4 cm³/mol. The first-order valence-electron chi connectivity index (χ1n) is 6.54. The first-order valence-corrected chi connectivity index (χ1v) is 6.54. The lowest BCUT2D eigenvalue weighted by Crippen LogP contribution is -2.35. The summed E-state index contributed by atoms with van der Waals surface area (Å²) < 4.78 is 5.59. The van der Waals surface area contributed by atoms with Gasteiger partial charge in [0.25, 0.3) is 0 Å². The standard InChI is InChI=1S/C15H20N2O2/c1-11(2)17-9-13(18)10-19-14-5-6-15-12(8-14)4-3-7-16-15/h3-8,11,13,17-18H,9-10H2,1-2H3. The van der Waals surface area contributed by atoms with Crippen molar-refractivity contribution in [1.82, 2.24) is 10.3 Å². The number of aliphatic hydroxyl groups is 1. The highest BCUT2D eigenvalue weighted by Gasteiger charge is 2.06. The Labute approximate surface area is 113 Å². The molecule has 0 aliphatic rings. The Morgan fingerprint density at radius 1 is 1.32 bits per heavy atom. The zero-order chi connectivity index (χ0) is 13.7. The van der Waals surface area contributed by atoms with Crippen LogP contribution < -0.4 is 10.1 Å². The number of nitrogens with one attached hydrogen (secondary N) is 1. The number of nitrogens with zero attached hydrogens (tertiary/aromatic N) is 1. The Morgan fingerprint density at radius 3 is 2.95 bits per heavy atom. The van der Waals surface area contributed by atoms with Crippen LogP contribution in [0.3, 0.4) is 0 Å². The number of fused-ring (bicyclic) bond motifs is 1. The van der Waals surface area contributed by atoms with Crippen molar-refractivity contribution < 1.29 is 9.84 Å². The topological polar surface area (TPSA) is 54.4 Å². The van der Waals surface area contributed by atoms with Crippen LogP contribution in [-0.4, -0.2) is 35.4 Å². The SMILES string of the molecule is CC(C)NCC(O)COc1ccc2ncccc2c1. The van der Waals surface area contributed by atoms with Crippen molar-refractivity contribution in [3.63, 3.8) is 0 Å². The normalized spacial score (nSPS) is 12.8. The van der Waals surface area contributed by atoms with E-state index < -0.39 is 6.10 Å². The average Bonchev–Trinajstić information content (AvgIpc) is 2.42. The summed E-state index contributed by atoms with van der Waals surface area (Å²) in [6.07, 6.45) is 1.26. The van der Waals surface area contributed by atoms with Crippen LogP contribution in [0, 0.1) is 0 Å². The van der Waals surface area contributed by atoms with E-state index in [1.54, 1.807) is 6.20 Å². The summed E-state index contributed by atoms with van der Waals surface area (Å²) in [6.45, 7) is 4.91. The highest BCUT2D eigenvalue weighted by molar-refractivity contribution is 5.79. The van der Waals surface area contributed by atoms with Crippen molar-refractivity contribution in [3.8, 4) is 5.75 Å². The minimum atomic E-state index is -0.507. The average molecular weight is 260 g/mol. The second-order valence-corrected chi connectivity index (χ2v) is 4.89. The maximum atomic E-state index is 9.77. The summed E-state index contributed by atoms with van der Waals surface area (Å²) in [5, 5.41) is 14.0. The first-order chi connectivity index (χ1) is 9.15. The molecule has 4 heteroatoms. The quantitative estimate of drug-likeness (QED) is 0.834. The Kier molecular flexibility index (Phi) is 4.71. The van der Waals surface area contributed by atoms with Crippen LogP contribution in [0.25, 0.3) is 10.9 Å². The maximum Gasteiger partial charge on any atom is 0.120 e. The van der Waals surface area contributed by atoms with E-state index in [9.17, 15) is 5.11 Å². The maximum absolute atomic E-state index is 9.77. The number of pyridine rings is 1. The summed E-state index contributed by atoms with van der Waals surface area (Å²) in [6, 6.07) is 9.98. The van der Waals surface area contributed by atoms with E-state index in [-0.39, 0.29) is 6.61 Å². The smallest absolute Gasteiger partial charge is 0.120 e. The molecule has 0 aliphatic carbocycles. The second-order valence-electron chi connectivity index (χ2n) is 4.89. The molecule has 0 radical (unpaired) electrons. The molecule has 1 unspecified atom stereocenters. The van der Waals surface area contributed by atoms with Crippen LogP contribution in [-0.2, 0) is 0 Å². The molecule has 0 aliphatic heterocycles. The number of hydrogen-bond acceptors (Lipinski definition) is 4. The predicted octanol–water partition coefficient (Wildman–Crippen LogP) is 1.97. The number of ether oxygens (including phenoxy) is 1. The van der Waals surface area contributed by atoms with Crippen LogP contribution >= 0.6 is 0 Å². The van der Waals surface area contributed by atoms with Gasteiger partial charge in [0.05, 0.1) is 5.52 Å². The molecule has 0 fully saturated rings. The van der Waals surface area contributed by atoms with Gasteiger partial charge in [0.1, 0.15) is 18.5 Å². The van der Waals surface area contributed by atoms with Gasteiger partial charge in [-0.15, -0.1) is 0 Å². The second kappa shape index (κ2) is 6.50. The molecule has 1 aromatic heterocycles. The minimum absolute atomic E-state index is 0.283. The van der Waals surface area contributed by atoms with Gasteiger partial charge in [0.2, 0.25) is 0 Å². The van der Waals surface area contributed by atoms with E-state index in [1.807, 2.05) is 44.2 Å². The monoisotopic (exact) mass is 260 g/mol. The zero-order valence-corrected chi connectivity index (χ0v) is 11.3. The Bertz CT molecular complexity index is 528. The molecular formula is C15H20N2O2. The molecule has 0 spiro atoms. The molecule has 2 aromatic rings. The third-order valence-electron chi connectivity index (χ3n) is 2.78. The van der Waals surface area contributed by atoms with E-state index in [0.717, 1.165) is 16.7 Å². The number of rotatable bonds is 6. The fraction of sp³-hybridized carbons (Fsp3) is 0.400. The lowest BCUT2D eigenvalue weighted by atomic mass is 10.2. The number of aromatic nitrogens is 1. The van der Waals surface area contributed by atoms with Gasteiger partial charge in [-0.3, -0.25) is 4.98 Å². The van der Waals surface area contributed by atoms with E-state index in [2.05, 4.69) is 10.3 Å². The minimum Gasteiger partial charge on any atom is -0.491 e. The van der Waals surface area contributed by atoms with Crippen molar-refractivity contribution in [2.24, 2.45) is 0 Å². The van der Waals surface area contributed by atoms with Gasteiger partial charge < -0.3 is 15.2 Å². The molecule has 0 saturated carbocycles. The molecule has 0 amide bonds. The van der Waals surface area contributed by atoms with Crippen LogP contribution in [0.2, 0.25) is 0 Å². The van der Waals surface area contributed by atoms with Gasteiger partial charge in [-0.1, -0.05) is 19.9 Å². The van der Waals surface area contributed by atoms with Gasteiger partial charge in [-0.25, -0.2) is 0 Å². The Morgan fingerprint density at radius 2 is 2.16 bits per heavy atom. The summed E-state index contributed by atoms with van der Waals surface area (Å²) in [5.74, 6) is 0.754. The van der Waals surface area contributed by atoms with Crippen molar-refractivity contribution in [3.05, 3.63) is 36.5 Å². The molecule has 2 rings (SSSR count). The Hall–Kier alpha value is -1.65. The molecule has 19 heavy (non-hydrogen) atoms. The summed E-state index contributed by atoms with van der Waals surface area (Å²) in [5.41, 5.74) is 0.942. The van der Waals surface area contributed by atoms with Gasteiger partial charge in [0.15, 0.2) is 0 Å². The van der Waals surface area contributed by atoms with Gasteiger partial charge in [-0.2, -0.15) is 0 Å². The fourth-order valence-electron chi connectivity index (χ4n) is 1.77. The molecule has 102 valence electrons. The number of benzene rings is 1. The highest BCUT2D eigenvalue weighted by atomic mass is 16.5. The molecule has 0 bridgehead atoms. The first kappa shape index (κ1) is 13.8. The molecule has 1 aromatic carbocycles. The molecular weight excluding hydrogens is 240 g/mol. The number of aliphatic hydroxyl groups excluding tert-OH is 1.